The fraction of sp³-hybridized carbons (Fsp3) is 0.769. The molecule has 5 nitrogen and oxygen atoms in total. The van der Waals surface area contributed by atoms with Gasteiger partial charge in [0.15, 0.2) is 0 Å². The first-order valence-electron chi connectivity index (χ1n) is 6.85. The van der Waals surface area contributed by atoms with Gasteiger partial charge in [0, 0.05) is 64.6 Å². The van der Waals surface area contributed by atoms with Gasteiger partial charge in [-0.25, -0.2) is 4.98 Å². The van der Waals surface area contributed by atoms with Crippen LogP contribution < -0.4 is 0 Å². The van der Waals surface area contributed by atoms with E-state index in [2.05, 4.69) is 14.8 Å². The minimum atomic E-state index is -0.232. The van der Waals surface area contributed by atoms with E-state index in [9.17, 15) is 5.11 Å². The van der Waals surface area contributed by atoms with E-state index in [1.807, 2.05) is 24.0 Å². The molecule has 3 saturated heterocycles. The zero-order chi connectivity index (χ0) is 12.5. The molecule has 18 heavy (non-hydrogen) atoms. The summed E-state index contributed by atoms with van der Waals surface area (Å²) in [4.78, 5) is 9.22. The van der Waals surface area contributed by atoms with Crippen LogP contribution in [0.4, 0.5) is 0 Å². The molecule has 4 rings (SSSR count). The molecule has 3 fully saturated rings. The van der Waals surface area contributed by atoms with Gasteiger partial charge in [0.2, 0.25) is 0 Å². The number of hydrogen-bond donors (Lipinski definition) is 1. The highest BCUT2D eigenvalue weighted by atomic mass is 16.3. The van der Waals surface area contributed by atoms with Crippen molar-refractivity contribution < 1.29 is 5.11 Å². The smallest absolute Gasteiger partial charge is 0.108 e. The Labute approximate surface area is 108 Å². The molecular formula is C13H22N4O. The molecule has 2 unspecified atom stereocenters. The molecule has 1 aromatic heterocycles. The van der Waals surface area contributed by atoms with Crippen LogP contribution in [0.1, 0.15) is 12.2 Å². The molecule has 100 valence electrons. The first-order valence-corrected chi connectivity index (χ1v) is 6.85. The summed E-state index contributed by atoms with van der Waals surface area (Å²) in [6, 6.07) is 0.327. The third-order valence-electron chi connectivity index (χ3n) is 4.35. The number of nitrogens with zero attached hydrogens (tertiary/aromatic N) is 4. The van der Waals surface area contributed by atoms with Crippen molar-refractivity contribution in [3.05, 3.63) is 18.2 Å². The molecular weight excluding hydrogens is 228 g/mol. The molecule has 3 aliphatic heterocycles. The number of aromatic nitrogens is 2. The summed E-state index contributed by atoms with van der Waals surface area (Å²) < 4.78 is 2.03. The van der Waals surface area contributed by atoms with Crippen LogP contribution in [0.25, 0.3) is 0 Å². The van der Waals surface area contributed by atoms with Gasteiger partial charge in [0.05, 0.1) is 6.10 Å². The van der Waals surface area contributed by atoms with Crippen LogP contribution in [0.5, 0.6) is 0 Å². The summed E-state index contributed by atoms with van der Waals surface area (Å²) in [5, 5.41) is 10.4. The van der Waals surface area contributed by atoms with Crippen LogP contribution >= 0.6 is 0 Å². The zero-order valence-corrected chi connectivity index (χ0v) is 11.0. The number of aliphatic hydroxyl groups is 1. The van der Waals surface area contributed by atoms with Gasteiger partial charge < -0.3 is 9.67 Å². The van der Waals surface area contributed by atoms with Crippen molar-refractivity contribution in [1.82, 2.24) is 19.4 Å². The van der Waals surface area contributed by atoms with E-state index in [-0.39, 0.29) is 6.10 Å². The zero-order valence-electron chi connectivity index (χ0n) is 11.0. The Morgan fingerprint density at radius 1 is 1.39 bits per heavy atom. The maximum atomic E-state index is 10.4. The Kier molecular flexibility index (Phi) is 3.37. The molecule has 0 amide bonds. The molecule has 1 aromatic rings. The molecule has 0 aromatic carbocycles. The normalized spacial score (nSPS) is 32.7. The van der Waals surface area contributed by atoms with Gasteiger partial charge in [-0.05, 0) is 6.42 Å². The van der Waals surface area contributed by atoms with E-state index >= 15 is 0 Å². The third-order valence-corrected chi connectivity index (χ3v) is 4.35. The fourth-order valence-corrected chi connectivity index (χ4v) is 3.13. The summed E-state index contributed by atoms with van der Waals surface area (Å²) in [5.41, 5.74) is 0. The topological polar surface area (TPSA) is 44.5 Å². The van der Waals surface area contributed by atoms with Crippen LogP contribution in [-0.4, -0.2) is 69.3 Å². The van der Waals surface area contributed by atoms with E-state index in [4.69, 9.17) is 0 Å². The highest BCUT2D eigenvalue weighted by molar-refractivity contribution is 4.95. The van der Waals surface area contributed by atoms with Crippen molar-refractivity contribution in [1.29, 1.82) is 0 Å². The lowest BCUT2D eigenvalue weighted by molar-refractivity contribution is -0.0480. The summed E-state index contributed by atoms with van der Waals surface area (Å²) in [7, 11) is 2.01. The van der Waals surface area contributed by atoms with Gasteiger partial charge in [0.25, 0.3) is 0 Å². The van der Waals surface area contributed by atoms with Crippen molar-refractivity contribution in [2.75, 3.05) is 32.7 Å². The molecule has 0 radical (unpaired) electrons. The number of imidazole rings is 1. The Morgan fingerprint density at radius 2 is 2.17 bits per heavy atom. The van der Waals surface area contributed by atoms with Crippen LogP contribution in [0.3, 0.4) is 0 Å². The predicted molar refractivity (Wildman–Crippen MR) is 69.3 cm³/mol. The minimum Gasteiger partial charge on any atom is -0.391 e. The second kappa shape index (κ2) is 4.99. The van der Waals surface area contributed by atoms with Gasteiger partial charge in [-0.1, -0.05) is 0 Å². The Hall–Kier alpha value is -0.910. The summed E-state index contributed by atoms with van der Waals surface area (Å²) in [6.07, 6.45) is 5.21. The summed E-state index contributed by atoms with van der Waals surface area (Å²) in [5.74, 6) is 1.06. The maximum Gasteiger partial charge on any atom is 0.108 e. The lowest BCUT2D eigenvalue weighted by atomic mass is 9.99. The first-order chi connectivity index (χ1) is 8.74. The van der Waals surface area contributed by atoms with E-state index in [1.165, 1.54) is 13.1 Å². The number of aliphatic hydroxyl groups excluding tert-OH is 1. The second-order valence-electron chi connectivity index (χ2n) is 5.46. The molecule has 2 atom stereocenters. The van der Waals surface area contributed by atoms with Crippen molar-refractivity contribution in [2.45, 2.75) is 25.0 Å². The number of piperazine rings is 3. The van der Waals surface area contributed by atoms with Crippen LogP contribution in [0.15, 0.2) is 12.4 Å². The minimum absolute atomic E-state index is 0.232. The molecule has 0 saturated carbocycles. The highest BCUT2D eigenvalue weighted by Gasteiger charge is 2.35. The third kappa shape index (κ3) is 2.30. The van der Waals surface area contributed by atoms with Gasteiger partial charge in [-0.3, -0.25) is 9.80 Å². The average molecular weight is 250 g/mol. The maximum absolute atomic E-state index is 10.4. The van der Waals surface area contributed by atoms with Gasteiger partial charge in [0.1, 0.15) is 5.82 Å². The van der Waals surface area contributed by atoms with E-state index in [0.717, 1.165) is 38.3 Å². The van der Waals surface area contributed by atoms with Gasteiger partial charge in [-0.2, -0.15) is 0 Å². The van der Waals surface area contributed by atoms with Crippen molar-refractivity contribution in [2.24, 2.45) is 7.05 Å². The molecule has 0 spiro atoms. The van der Waals surface area contributed by atoms with E-state index in [0.29, 0.717) is 6.04 Å². The quantitative estimate of drug-likeness (QED) is 0.798. The molecule has 1 N–H and O–H groups in total. The standard InChI is InChI=1S/C13H22N4O/c1-15-5-4-14-13(15)3-2-12(18)11-10-16-6-8-17(11)9-7-16/h4-5,11-12,18H,2-3,6-10H2,1H3. The lowest BCUT2D eigenvalue weighted by Crippen LogP contribution is -2.64. The van der Waals surface area contributed by atoms with Crippen molar-refractivity contribution >= 4 is 0 Å². The van der Waals surface area contributed by atoms with Crippen molar-refractivity contribution in [3.63, 3.8) is 0 Å². The van der Waals surface area contributed by atoms with Crippen molar-refractivity contribution in [3.8, 4) is 0 Å². The number of fused-ring (bicyclic) bond motifs is 3. The van der Waals surface area contributed by atoms with Crippen LogP contribution in [0.2, 0.25) is 0 Å². The van der Waals surface area contributed by atoms with E-state index in [1.54, 1.807) is 0 Å². The largest absolute Gasteiger partial charge is 0.391 e. The fourth-order valence-electron chi connectivity index (χ4n) is 3.13. The first kappa shape index (κ1) is 12.1. The number of hydrogen-bond acceptors (Lipinski definition) is 4. The number of aryl methyl sites for hydroxylation is 2. The highest BCUT2D eigenvalue weighted by Crippen LogP contribution is 2.20. The van der Waals surface area contributed by atoms with Gasteiger partial charge in [-0.15, -0.1) is 0 Å². The molecule has 0 aliphatic carbocycles. The second-order valence-corrected chi connectivity index (χ2v) is 5.46. The molecule has 4 heterocycles. The SMILES string of the molecule is Cn1ccnc1CCC(O)C1CN2CCN1CC2. The summed E-state index contributed by atoms with van der Waals surface area (Å²) >= 11 is 0. The Morgan fingerprint density at radius 3 is 2.72 bits per heavy atom. The lowest BCUT2D eigenvalue weighted by Gasteiger charge is -2.49. The predicted octanol–water partition coefficient (Wildman–Crippen LogP) is -0.287. The average Bonchev–Trinajstić information content (AvgIpc) is 2.83. The van der Waals surface area contributed by atoms with E-state index < -0.39 is 0 Å². The summed E-state index contributed by atoms with van der Waals surface area (Å²) in [6.45, 7) is 5.60. The molecule has 5 heteroatoms. The monoisotopic (exact) mass is 250 g/mol. The molecule has 3 aliphatic rings. The van der Waals surface area contributed by atoms with Crippen LogP contribution in [-0.2, 0) is 13.5 Å². The van der Waals surface area contributed by atoms with Gasteiger partial charge >= 0.3 is 0 Å². The Balaban J connectivity index is 1.55. The molecule has 2 bridgehead atoms. The van der Waals surface area contributed by atoms with Crippen LogP contribution in [0, 0.1) is 0 Å². The Bertz CT molecular complexity index is 397. The number of rotatable bonds is 4.